The zero-order chi connectivity index (χ0) is 9.97. The molecule has 0 saturated carbocycles. The van der Waals surface area contributed by atoms with Crippen LogP contribution in [0.5, 0.6) is 0 Å². The zero-order valence-corrected chi connectivity index (χ0v) is 7.91. The first-order chi connectivity index (χ1) is 6.75. The second kappa shape index (κ2) is 3.41. The van der Waals surface area contributed by atoms with Crippen LogP contribution < -0.4 is 11.1 Å². The maximum absolute atomic E-state index is 5.60. The van der Waals surface area contributed by atoms with E-state index in [0.29, 0.717) is 5.69 Å². The number of aromatic amines is 1. The highest BCUT2D eigenvalue weighted by molar-refractivity contribution is 5.60. The topological polar surface area (TPSA) is 66.7 Å². The number of nitrogens with zero attached hydrogens (tertiary/aromatic N) is 1. The number of nitrogen functional groups attached to an aromatic ring is 1. The summed E-state index contributed by atoms with van der Waals surface area (Å²) < 4.78 is 0. The van der Waals surface area contributed by atoms with E-state index in [1.54, 1.807) is 6.20 Å². The van der Waals surface area contributed by atoms with Gasteiger partial charge in [-0.2, -0.15) is 0 Å². The Hall–Kier alpha value is -1.97. The molecular weight excluding hydrogens is 176 g/mol. The van der Waals surface area contributed by atoms with Crippen LogP contribution in [0.15, 0.2) is 30.7 Å². The van der Waals surface area contributed by atoms with Crippen molar-refractivity contribution in [3.05, 3.63) is 36.3 Å². The molecule has 2 rings (SSSR count). The number of nitrogens with two attached hydrogens (primary N) is 1. The predicted octanol–water partition coefficient (Wildman–Crippen LogP) is 2.04. The quantitative estimate of drug-likeness (QED) is 0.675. The fourth-order valence-corrected chi connectivity index (χ4v) is 1.27. The van der Waals surface area contributed by atoms with Crippen LogP contribution in [0.3, 0.4) is 0 Å². The van der Waals surface area contributed by atoms with E-state index in [2.05, 4.69) is 15.3 Å². The third-order valence-electron chi connectivity index (χ3n) is 1.96. The van der Waals surface area contributed by atoms with Gasteiger partial charge in [0.25, 0.3) is 0 Å². The predicted molar refractivity (Wildman–Crippen MR) is 57.5 cm³/mol. The molecule has 2 heterocycles. The number of aryl methyl sites for hydroxylation is 1. The summed E-state index contributed by atoms with van der Waals surface area (Å²) in [5, 5.41) is 3.18. The van der Waals surface area contributed by atoms with Crippen LogP contribution in [0.25, 0.3) is 0 Å². The van der Waals surface area contributed by atoms with Gasteiger partial charge in [0.05, 0.1) is 17.6 Å². The molecule has 4 N–H and O–H groups in total. The third kappa shape index (κ3) is 1.69. The van der Waals surface area contributed by atoms with Crippen LogP contribution in [-0.4, -0.2) is 9.97 Å². The smallest absolute Gasteiger partial charge is 0.133 e. The molecule has 0 unspecified atom stereocenters. The average Bonchev–Trinajstić information content (AvgIpc) is 2.62. The standard InChI is InChI=1S/C10H12N4/c1-7-4-8(11)5-13-10(7)14-9-2-3-12-6-9/h2-6,12H,11H2,1H3,(H,13,14). The van der Waals surface area contributed by atoms with Gasteiger partial charge in [0.1, 0.15) is 5.82 Å². The Morgan fingerprint density at radius 3 is 3.00 bits per heavy atom. The molecule has 0 bridgehead atoms. The molecule has 0 aliphatic heterocycles. The molecular formula is C10H12N4. The van der Waals surface area contributed by atoms with Gasteiger partial charge in [-0.1, -0.05) is 0 Å². The average molecular weight is 188 g/mol. The van der Waals surface area contributed by atoms with Crippen LogP contribution >= 0.6 is 0 Å². The van der Waals surface area contributed by atoms with Crippen molar-refractivity contribution in [2.75, 3.05) is 11.1 Å². The molecule has 0 atom stereocenters. The Kier molecular flexibility index (Phi) is 2.10. The van der Waals surface area contributed by atoms with Crippen LogP contribution in [-0.2, 0) is 0 Å². The summed E-state index contributed by atoms with van der Waals surface area (Å²) in [6, 6.07) is 3.83. The highest BCUT2D eigenvalue weighted by Gasteiger charge is 2.00. The number of pyridine rings is 1. The molecule has 2 aromatic rings. The van der Waals surface area contributed by atoms with Crippen LogP contribution in [0.1, 0.15) is 5.56 Å². The van der Waals surface area contributed by atoms with E-state index < -0.39 is 0 Å². The first-order valence-corrected chi connectivity index (χ1v) is 4.37. The monoisotopic (exact) mass is 188 g/mol. The molecule has 0 saturated heterocycles. The first kappa shape index (κ1) is 8.62. The van der Waals surface area contributed by atoms with Crippen molar-refractivity contribution < 1.29 is 0 Å². The Morgan fingerprint density at radius 1 is 1.50 bits per heavy atom. The van der Waals surface area contributed by atoms with Crippen molar-refractivity contribution in [3.63, 3.8) is 0 Å². The number of H-pyrrole nitrogens is 1. The highest BCUT2D eigenvalue weighted by atomic mass is 15.0. The van der Waals surface area contributed by atoms with E-state index in [1.165, 1.54) is 0 Å². The van der Waals surface area contributed by atoms with Gasteiger partial charge in [0.15, 0.2) is 0 Å². The highest BCUT2D eigenvalue weighted by Crippen LogP contribution is 2.18. The van der Waals surface area contributed by atoms with Gasteiger partial charge >= 0.3 is 0 Å². The number of hydrogen-bond acceptors (Lipinski definition) is 3. The summed E-state index contributed by atoms with van der Waals surface area (Å²) in [6.45, 7) is 1.97. The van der Waals surface area contributed by atoms with Gasteiger partial charge in [0.2, 0.25) is 0 Å². The summed E-state index contributed by atoms with van der Waals surface area (Å²) in [5.41, 5.74) is 8.31. The first-order valence-electron chi connectivity index (χ1n) is 4.37. The summed E-state index contributed by atoms with van der Waals surface area (Å²) in [4.78, 5) is 7.17. The lowest BCUT2D eigenvalue weighted by Gasteiger charge is -2.06. The SMILES string of the molecule is Cc1cc(N)cnc1Nc1cc[nH]c1. The van der Waals surface area contributed by atoms with Gasteiger partial charge < -0.3 is 16.0 Å². The molecule has 14 heavy (non-hydrogen) atoms. The minimum absolute atomic E-state index is 0.683. The van der Waals surface area contributed by atoms with Crippen molar-refractivity contribution >= 4 is 17.2 Å². The third-order valence-corrected chi connectivity index (χ3v) is 1.96. The molecule has 0 aromatic carbocycles. The summed E-state index contributed by atoms with van der Waals surface area (Å²) in [5.74, 6) is 0.832. The number of hydrogen-bond donors (Lipinski definition) is 3. The molecule has 0 aliphatic rings. The Morgan fingerprint density at radius 2 is 2.36 bits per heavy atom. The van der Waals surface area contributed by atoms with Crippen molar-refractivity contribution in [2.45, 2.75) is 6.92 Å². The van der Waals surface area contributed by atoms with Gasteiger partial charge in [-0.05, 0) is 24.6 Å². The number of nitrogens with one attached hydrogen (secondary N) is 2. The zero-order valence-electron chi connectivity index (χ0n) is 7.91. The summed E-state index contributed by atoms with van der Waals surface area (Å²) >= 11 is 0. The fraction of sp³-hybridized carbons (Fsp3) is 0.100. The molecule has 0 spiro atoms. The summed E-state index contributed by atoms with van der Waals surface area (Å²) in [7, 11) is 0. The molecule has 0 radical (unpaired) electrons. The van der Waals surface area contributed by atoms with E-state index in [4.69, 9.17) is 5.73 Å². The number of rotatable bonds is 2. The molecule has 0 aliphatic carbocycles. The van der Waals surface area contributed by atoms with Crippen LogP contribution in [0.2, 0.25) is 0 Å². The molecule has 0 amide bonds. The molecule has 2 aromatic heterocycles. The van der Waals surface area contributed by atoms with Crippen molar-refractivity contribution in [1.82, 2.24) is 9.97 Å². The second-order valence-electron chi connectivity index (χ2n) is 3.16. The minimum atomic E-state index is 0.683. The normalized spacial score (nSPS) is 10.1. The lowest BCUT2D eigenvalue weighted by molar-refractivity contribution is 1.26. The molecule has 4 nitrogen and oxygen atoms in total. The van der Waals surface area contributed by atoms with Gasteiger partial charge in [-0.15, -0.1) is 0 Å². The van der Waals surface area contributed by atoms with Crippen LogP contribution in [0, 0.1) is 6.92 Å². The summed E-state index contributed by atoms with van der Waals surface area (Å²) in [6.07, 6.45) is 5.37. The van der Waals surface area contributed by atoms with E-state index in [0.717, 1.165) is 17.1 Å². The van der Waals surface area contributed by atoms with E-state index in [1.807, 2.05) is 31.5 Å². The Balaban J connectivity index is 2.25. The fourth-order valence-electron chi connectivity index (χ4n) is 1.27. The van der Waals surface area contributed by atoms with E-state index in [9.17, 15) is 0 Å². The lowest BCUT2D eigenvalue weighted by atomic mass is 10.2. The molecule has 0 fully saturated rings. The van der Waals surface area contributed by atoms with Crippen molar-refractivity contribution in [3.8, 4) is 0 Å². The van der Waals surface area contributed by atoms with Crippen LogP contribution in [0.4, 0.5) is 17.2 Å². The lowest BCUT2D eigenvalue weighted by Crippen LogP contribution is -1.97. The van der Waals surface area contributed by atoms with Gasteiger partial charge in [-0.3, -0.25) is 0 Å². The molecule has 4 heteroatoms. The molecule has 72 valence electrons. The number of anilines is 3. The van der Waals surface area contributed by atoms with E-state index in [-0.39, 0.29) is 0 Å². The maximum Gasteiger partial charge on any atom is 0.133 e. The van der Waals surface area contributed by atoms with Gasteiger partial charge in [0, 0.05) is 12.4 Å². The van der Waals surface area contributed by atoms with E-state index >= 15 is 0 Å². The van der Waals surface area contributed by atoms with Crippen molar-refractivity contribution in [2.24, 2.45) is 0 Å². The largest absolute Gasteiger partial charge is 0.397 e. The van der Waals surface area contributed by atoms with Crippen molar-refractivity contribution in [1.29, 1.82) is 0 Å². The Bertz CT molecular complexity index is 420. The number of aromatic nitrogens is 2. The minimum Gasteiger partial charge on any atom is -0.397 e. The Labute approximate surface area is 82.2 Å². The second-order valence-corrected chi connectivity index (χ2v) is 3.16. The van der Waals surface area contributed by atoms with Gasteiger partial charge in [-0.25, -0.2) is 4.98 Å². The maximum atomic E-state index is 5.60.